The largest absolute Gasteiger partial charge is 0.497 e. The van der Waals surface area contributed by atoms with Crippen LogP contribution in [-0.4, -0.2) is 16.9 Å². The third-order valence-electron chi connectivity index (χ3n) is 3.23. The first-order valence-electron chi connectivity index (χ1n) is 6.54. The van der Waals surface area contributed by atoms with Gasteiger partial charge >= 0.3 is 0 Å². The molecule has 0 saturated carbocycles. The second-order valence-electron chi connectivity index (χ2n) is 4.66. The molecule has 4 heteroatoms. The van der Waals surface area contributed by atoms with Crippen LogP contribution in [0.5, 0.6) is 5.75 Å². The number of aryl methyl sites for hydroxylation is 3. The number of anilines is 1. The lowest BCUT2D eigenvalue weighted by Gasteiger charge is -2.10. The molecule has 0 amide bonds. The molecule has 0 aliphatic rings. The highest BCUT2D eigenvalue weighted by molar-refractivity contribution is 5.53. The van der Waals surface area contributed by atoms with E-state index in [9.17, 15) is 0 Å². The Morgan fingerprint density at radius 3 is 2.79 bits per heavy atom. The van der Waals surface area contributed by atoms with Crippen molar-refractivity contribution in [1.82, 2.24) is 9.78 Å². The van der Waals surface area contributed by atoms with Gasteiger partial charge in [-0.15, -0.1) is 0 Å². The molecule has 1 N–H and O–H groups in total. The number of ether oxygens (including phenoxy) is 1. The predicted molar refractivity (Wildman–Crippen MR) is 77.6 cm³/mol. The minimum absolute atomic E-state index is 0.796. The molecule has 1 aromatic carbocycles. The van der Waals surface area contributed by atoms with Crippen molar-refractivity contribution in [3.63, 3.8) is 0 Å². The molecule has 1 heterocycles. The second-order valence-corrected chi connectivity index (χ2v) is 4.66. The van der Waals surface area contributed by atoms with Crippen LogP contribution in [0.25, 0.3) is 0 Å². The van der Waals surface area contributed by atoms with Gasteiger partial charge in [0.15, 0.2) is 0 Å². The zero-order valence-electron chi connectivity index (χ0n) is 12.0. The molecule has 4 nitrogen and oxygen atoms in total. The van der Waals surface area contributed by atoms with Gasteiger partial charge in [-0.1, -0.05) is 6.92 Å². The Morgan fingerprint density at radius 1 is 1.37 bits per heavy atom. The van der Waals surface area contributed by atoms with Crippen LogP contribution < -0.4 is 10.1 Å². The first-order chi connectivity index (χ1) is 9.13. The third-order valence-corrected chi connectivity index (χ3v) is 3.23. The number of nitrogens with zero attached hydrogens (tertiary/aromatic N) is 2. The van der Waals surface area contributed by atoms with Crippen molar-refractivity contribution in [2.24, 2.45) is 7.05 Å². The Kier molecular flexibility index (Phi) is 4.10. The van der Waals surface area contributed by atoms with Gasteiger partial charge < -0.3 is 10.1 Å². The van der Waals surface area contributed by atoms with E-state index in [0.29, 0.717) is 0 Å². The zero-order valence-corrected chi connectivity index (χ0v) is 12.0. The monoisotopic (exact) mass is 259 g/mol. The van der Waals surface area contributed by atoms with Gasteiger partial charge in [-0.2, -0.15) is 5.10 Å². The fourth-order valence-corrected chi connectivity index (χ4v) is 2.18. The molecule has 0 fully saturated rings. The summed E-state index contributed by atoms with van der Waals surface area (Å²) in [6.45, 7) is 5.00. The predicted octanol–water partition coefficient (Wildman–Crippen LogP) is 2.91. The lowest BCUT2D eigenvalue weighted by molar-refractivity contribution is 0.414. The van der Waals surface area contributed by atoms with Gasteiger partial charge in [-0.05, 0) is 37.1 Å². The molecule has 0 spiro atoms. The maximum absolute atomic E-state index is 5.21. The van der Waals surface area contributed by atoms with E-state index in [1.165, 1.54) is 11.1 Å². The Balaban J connectivity index is 2.09. The fraction of sp³-hybridized carbons (Fsp3) is 0.400. The van der Waals surface area contributed by atoms with Gasteiger partial charge in [-0.25, -0.2) is 0 Å². The van der Waals surface area contributed by atoms with Gasteiger partial charge in [0.25, 0.3) is 0 Å². The van der Waals surface area contributed by atoms with E-state index in [1.54, 1.807) is 7.11 Å². The number of hydrogen-bond donors (Lipinski definition) is 1. The molecule has 102 valence electrons. The van der Waals surface area contributed by atoms with Gasteiger partial charge in [0.05, 0.1) is 12.8 Å². The maximum atomic E-state index is 5.21. The minimum atomic E-state index is 0.796. The van der Waals surface area contributed by atoms with Crippen molar-refractivity contribution in [2.45, 2.75) is 26.8 Å². The topological polar surface area (TPSA) is 39.1 Å². The van der Waals surface area contributed by atoms with Crippen molar-refractivity contribution in [2.75, 3.05) is 12.4 Å². The van der Waals surface area contributed by atoms with Gasteiger partial charge in [0, 0.05) is 31.0 Å². The summed E-state index contributed by atoms with van der Waals surface area (Å²) in [7, 11) is 3.65. The highest BCUT2D eigenvalue weighted by Gasteiger charge is 2.06. The number of aromatic nitrogens is 2. The molecule has 0 radical (unpaired) electrons. The summed E-state index contributed by atoms with van der Waals surface area (Å²) in [5, 5.41) is 7.91. The molecule has 0 saturated heterocycles. The van der Waals surface area contributed by atoms with E-state index in [1.807, 2.05) is 23.9 Å². The van der Waals surface area contributed by atoms with Crippen LogP contribution in [0.3, 0.4) is 0 Å². The number of benzene rings is 1. The van der Waals surface area contributed by atoms with Crippen molar-refractivity contribution >= 4 is 5.69 Å². The molecule has 2 rings (SSSR count). The number of nitrogens with one attached hydrogen (secondary N) is 1. The van der Waals surface area contributed by atoms with Crippen LogP contribution in [0.4, 0.5) is 5.69 Å². The second kappa shape index (κ2) is 5.78. The molecule has 0 atom stereocenters. The first-order valence-corrected chi connectivity index (χ1v) is 6.54. The molecule has 1 aromatic heterocycles. The molecule has 2 aromatic rings. The van der Waals surface area contributed by atoms with Crippen molar-refractivity contribution in [3.05, 3.63) is 41.2 Å². The highest BCUT2D eigenvalue weighted by atomic mass is 16.5. The van der Waals surface area contributed by atoms with Gasteiger partial charge in [0.1, 0.15) is 5.75 Å². The van der Waals surface area contributed by atoms with Crippen molar-refractivity contribution in [3.8, 4) is 5.75 Å². The number of rotatable bonds is 5. The SMILES string of the molecule is CCc1nn(C)cc1CNc1ccc(OC)cc1C. The fourth-order valence-electron chi connectivity index (χ4n) is 2.18. The van der Waals surface area contributed by atoms with Crippen molar-refractivity contribution < 1.29 is 4.74 Å². The van der Waals surface area contributed by atoms with Crippen LogP contribution in [0.2, 0.25) is 0 Å². The molecule has 0 aliphatic carbocycles. The lowest BCUT2D eigenvalue weighted by atomic mass is 10.1. The van der Waals surface area contributed by atoms with Crippen molar-refractivity contribution in [1.29, 1.82) is 0 Å². The summed E-state index contributed by atoms with van der Waals surface area (Å²) in [6, 6.07) is 6.06. The molecule has 0 aliphatic heterocycles. The van der Waals surface area contributed by atoms with Crippen LogP contribution in [-0.2, 0) is 20.0 Å². The van der Waals surface area contributed by atoms with Crippen LogP contribution >= 0.6 is 0 Å². The summed E-state index contributed by atoms with van der Waals surface area (Å²) in [6.07, 6.45) is 3.03. The Bertz CT molecular complexity index is 561. The summed E-state index contributed by atoms with van der Waals surface area (Å²) < 4.78 is 7.08. The maximum Gasteiger partial charge on any atom is 0.119 e. The molecule has 19 heavy (non-hydrogen) atoms. The van der Waals surface area contributed by atoms with Crippen LogP contribution in [0.15, 0.2) is 24.4 Å². The normalized spacial score (nSPS) is 10.5. The van der Waals surface area contributed by atoms with E-state index in [-0.39, 0.29) is 0 Å². The van der Waals surface area contributed by atoms with E-state index < -0.39 is 0 Å². The van der Waals surface area contributed by atoms with E-state index >= 15 is 0 Å². The van der Waals surface area contributed by atoms with Gasteiger partial charge in [-0.3, -0.25) is 4.68 Å². The lowest BCUT2D eigenvalue weighted by Crippen LogP contribution is -2.02. The highest BCUT2D eigenvalue weighted by Crippen LogP contribution is 2.22. The average Bonchev–Trinajstić information content (AvgIpc) is 2.77. The van der Waals surface area contributed by atoms with Crippen LogP contribution in [0.1, 0.15) is 23.7 Å². The van der Waals surface area contributed by atoms with Gasteiger partial charge in [0.2, 0.25) is 0 Å². The Morgan fingerprint density at radius 2 is 2.16 bits per heavy atom. The molecule has 0 bridgehead atoms. The Labute approximate surface area is 114 Å². The first kappa shape index (κ1) is 13.5. The smallest absolute Gasteiger partial charge is 0.119 e. The third kappa shape index (κ3) is 3.08. The number of methoxy groups -OCH3 is 1. The minimum Gasteiger partial charge on any atom is -0.497 e. The molecular formula is C15H21N3O. The summed E-state index contributed by atoms with van der Waals surface area (Å²) in [4.78, 5) is 0. The quantitative estimate of drug-likeness (QED) is 0.897. The van der Waals surface area contributed by atoms with Crippen LogP contribution in [0, 0.1) is 6.92 Å². The zero-order chi connectivity index (χ0) is 13.8. The molecule has 0 unspecified atom stereocenters. The molecular weight excluding hydrogens is 238 g/mol. The number of hydrogen-bond acceptors (Lipinski definition) is 3. The van der Waals surface area contributed by atoms with E-state index in [4.69, 9.17) is 4.74 Å². The summed E-state index contributed by atoms with van der Waals surface area (Å²) in [5.74, 6) is 0.888. The van der Waals surface area contributed by atoms with E-state index in [0.717, 1.165) is 30.1 Å². The average molecular weight is 259 g/mol. The summed E-state index contributed by atoms with van der Waals surface area (Å²) >= 11 is 0. The Hall–Kier alpha value is -1.97. The van der Waals surface area contributed by atoms with E-state index in [2.05, 4.69) is 36.5 Å². The summed E-state index contributed by atoms with van der Waals surface area (Å²) in [5.41, 5.74) is 4.72. The standard InChI is InChI=1S/C15H21N3O/c1-5-14-12(10-18(3)17-14)9-16-15-7-6-13(19-4)8-11(15)2/h6-8,10,16H,5,9H2,1-4H3.